The molecule has 0 aromatic heterocycles. The first kappa shape index (κ1) is 14.6. The molecule has 0 bridgehead atoms. The number of likely N-dealkylation sites (N-methyl/N-ethyl adjacent to an activating group) is 1. The van der Waals surface area contributed by atoms with Crippen LogP contribution >= 0.6 is 0 Å². The van der Waals surface area contributed by atoms with E-state index in [1.54, 1.807) is 7.11 Å². The van der Waals surface area contributed by atoms with Crippen LogP contribution in [0, 0.1) is 6.92 Å². The van der Waals surface area contributed by atoms with Gasteiger partial charge in [-0.15, -0.1) is 0 Å². The van der Waals surface area contributed by atoms with Crippen molar-refractivity contribution in [2.45, 2.75) is 19.9 Å². The van der Waals surface area contributed by atoms with E-state index in [2.05, 4.69) is 67.4 Å². The maximum atomic E-state index is 5.30. The summed E-state index contributed by atoms with van der Waals surface area (Å²) in [7, 11) is 3.89. The summed E-state index contributed by atoms with van der Waals surface area (Å²) >= 11 is 0. The van der Waals surface area contributed by atoms with Gasteiger partial charge in [0.05, 0.1) is 7.11 Å². The molecule has 0 saturated heterocycles. The summed E-state index contributed by atoms with van der Waals surface area (Å²) in [5.74, 6) is 0.959. The van der Waals surface area contributed by atoms with Crippen LogP contribution in [-0.4, -0.2) is 25.6 Å². The molecule has 0 unspecified atom stereocenters. The SMILES string of the molecule is COc1ccc(CN(C)CCc2ccccc2)cc1C. The van der Waals surface area contributed by atoms with E-state index in [-0.39, 0.29) is 0 Å². The van der Waals surface area contributed by atoms with Gasteiger partial charge in [0, 0.05) is 13.1 Å². The number of benzene rings is 2. The smallest absolute Gasteiger partial charge is 0.121 e. The average molecular weight is 269 g/mol. The molecule has 0 aliphatic heterocycles. The monoisotopic (exact) mass is 269 g/mol. The van der Waals surface area contributed by atoms with Crippen LogP contribution in [0.4, 0.5) is 0 Å². The Morgan fingerprint density at radius 1 is 1.00 bits per heavy atom. The van der Waals surface area contributed by atoms with Crippen LogP contribution in [0.3, 0.4) is 0 Å². The summed E-state index contributed by atoms with van der Waals surface area (Å²) < 4.78 is 5.30. The lowest BCUT2D eigenvalue weighted by molar-refractivity contribution is 0.331. The Balaban J connectivity index is 1.88. The molecule has 0 atom stereocenters. The average Bonchev–Trinajstić information content (AvgIpc) is 2.46. The van der Waals surface area contributed by atoms with Gasteiger partial charge in [0.25, 0.3) is 0 Å². The highest BCUT2D eigenvalue weighted by atomic mass is 16.5. The molecule has 0 spiro atoms. The van der Waals surface area contributed by atoms with Gasteiger partial charge < -0.3 is 9.64 Å². The van der Waals surface area contributed by atoms with Crippen molar-refractivity contribution in [3.05, 3.63) is 65.2 Å². The van der Waals surface area contributed by atoms with E-state index in [4.69, 9.17) is 4.74 Å². The standard InChI is InChI=1S/C18H23NO/c1-15-13-17(9-10-18(15)20-3)14-19(2)12-11-16-7-5-4-6-8-16/h4-10,13H,11-12,14H2,1-3H3. The summed E-state index contributed by atoms with van der Waals surface area (Å²) in [5.41, 5.74) is 3.92. The maximum absolute atomic E-state index is 5.30. The highest BCUT2D eigenvalue weighted by Gasteiger charge is 2.04. The Kier molecular flexibility index (Phi) is 5.19. The molecule has 2 nitrogen and oxygen atoms in total. The third kappa shape index (κ3) is 4.10. The van der Waals surface area contributed by atoms with E-state index in [0.29, 0.717) is 0 Å². The van der Waals surface area contributed by atoms with Crippen molar-refractivity contribution in [1.82, 2.24) is 4.90 Å². The molecule has 0 heterocycles. The lowest BCUT2D eigenvalue weighted by Gasteiger charge is -2.17. The van der Waals surface area contributed by atoms with Crippen molar-refractivity contribution in [1.29, 1.82) is 0 Å². The molecule has 0 N–H and O–H groups in total. The van der Waals surface area contributed by atoms with Gasteiger partial charge in [0.1, 0.15) is 5.75 Å². The molecule has 2 aromatic carbocycles. The van der Waals surface area contributed by atoms with Crippen LogP contribution < -0.4 is 4.74 Å². The van der Waals surface area contributed by atoms with E-state index in [1.165, 1.54) is 16.7 Å². The number of hydrogen-bond acceptors (Lipinski definition) is 2. The summed E-state index contributed by atoms with van der Waals surface area (Å²) in [5, 5.41) is 0. The quantitative estimate of drug-likeness (QED) is 0.793. The van der Waals surface area contributed by atoms with Crippen LogP contribution in [0.15, 0.2) is 48.5 Å². The van der Waals surface area contributed by atoms with Crippen molar-refractivity contribution in [3.63, 3.8) is 0 Å². The second-order valence-corrected chi connectivity index (χ2v) is 5.28. The minimum atomic E-state index is 0.959. The molecule has 2 aromatic rings. The number of aryl methyl sites for hydroxylation is 1. The van der Waals surface area contributed by atoms with Gasteiger partial charge in [0.15, 0.2) is 0 Å². The van der Waals surface area contributed by atoms with Crippen molar-refractivity contribution in [3.8, 4) is 5.75 Å². The van der Waals surface area contributed by atoms with Gasteiger partial charge in [-0.05, 0) is 43.1 Å². The second kappa shape index (κ2) is 7.11. The Bertz CT molecular complexity index is 536. The van der Waals surface area contributed by atoms with E-state index in [9.17, 15) is 0 Å². The third-order valence-electron chi connectivity index (χ3n) is 3.54. The zero-order chi connectivity index (χ0) is 14.4. The number of hydrogen-bond donors (Lipinski definition) is 0. The lowest BCUT2D eigenvalue weighted by atomic mass is 10.1. The molecule has 106 valence electrons. The molecule has 0 aliphatic rings. The van der Waals surface area contributed by atoms with Crippen molar-refractivity contribution < 1.29 is 4.74 Å². The molecule has 0 amide bonds. The van der Waals surface area contributed by atoms with Crippen LogP contribution in [0.2, 0.25) is 0 Å². The molecule has 0 saturated carbocycles. The summed E-state index contributed by atoms with van der Waals surface area (Å²) in [4.78, 5) is 2.36. The van der Waals surface area contributed by atoms with Crippen LogP contribution in [-0.2, 0) is 13.0 Å². The van der Waals surface area contributed by atoms with Gasteiger partial charge in [-0.2, -0.15) is 0 Å². The van der Waals surface area contributed by atoms with Crippen molar-refractivity contribution >= 4 is 0 Å². The Hall–Kier alpha value is -1.80. The van der Waals surface area contributed by atoms with Crippen LogP contribution in [0.1, 0.15) is 16.7 Å². The maximum Gasteiger partial charge on any atom is 0.121 e. The number of ether oxygens (including phenoxy) is 1. The molecule has 0 aliphatic carbocycles. The third-order valence-corrected chi connectivity index (χ3v) is 3.54. The van der Waals surface area contributed by atoms with Gasteiger partial charge >= 0.3 is 0 Å². The predicted octanol–water partition coefficient (Wildman–Crippen LogP) is 3.68. The topological polar surface area (TPSA) is 12.5 Å². The van der Waals surface area contributed by atoms with Gasteiger partial charge in [-0.1, -0.05) is 42.5 Å². The number of methoxy groups -OCH3 is 1. The fraction of sp³-hybridized carbons (Fsp3) is 0.333. The van der Waals surface area contributed by atoms with Crippen LogP contribution in [0.5, 0.6) is 5.75 Å². The van der Waals surface area contributed by atoms with Gasteiger partial charge in [-0.3, -0.25) is 0 Å². The zero-order valence-corrected chi connectivity index (χ0v) is 12.6. The molecule has 0 radical (unpaired) electrons. The molecule has 0 fully saturated rings. The summed E-state index contributed by atoms with van der Waals surface area (Å²) in [6.07, 6.45) is 1.09. The normalized spacial score (nSPS) is 10.8. The molecule has 2 rings (SSSR count). The van der Waals surface area contributed by atoms with Crippen molar-refractivity contribution in [2.24, 2.45) is 0 Å². The van der Waals surface area contributed by atoms with E-state index in [1.807, 2.05) is 0 Å². The lowest BCUT2D eigenvalue weighted by Crippen LogP contribution is -2.20. The minimum absolute atomic E-state index is 0.959. The molecule has 20 heavy (non-hydrogen) atoms. The highest BCUT2D eigenvalue weighted by Crippen LogP contribution is 2.19. The highest BCUT2D eigenvalue weighted by molar-refractivity contribution is 5.36. The zero-order valence-electron chi connectivity index (χ0n) is 12.6. The Morgan fingerprint density at radius 3 is 2.40 bits per heavy atom. The predicted molar refractivity (Wildman–Crippen MR) is 84.2 cm³/mol. The number of nitrogens with zero attached hydrogens (tertiary/aromatic N) is 1. The van der Waals surface area contributed by atoms with Crippen molar-refractivity contribution in [2.75, 3.05) is 20.7 Å². The van der Waals surface area contributed by atoms with Gasteiger partial charge in [-0.25, -0.2) is 0 Å². The van der Waals surface area contributed by atoms with Crippen LogP contribution in [0.25, 0.3) is 0 Å². The minimum Gasteiger partial charge on any atom is -0.496 e. The summed E-state index contributed by atoms with van der Waals surface area (Å²) in [6, 6.07) is 17.0. The molecular formula is C18H23NO. The fourth-order valence-corrected chi connectivity index (χ4v) is 2.39. The van der Waals surface area contributed by atoms with Gasteiger partial charge in [0.2, 0.25) is 0 Å². The van der Waals surface area contributed by atoms with E-state index in [0.717, 1.165) is 25.3 Å². The number of rotatable bonds is 6. The fourth-order valence-electron chi connectivity index (χ4n) is 2.39. The Labute approximate surface area is 122 Å². The molecule has 2 heteroatoms. The first-order chi connectivity index (χ1) is 9.69. The first-order valence-corrected chi connectivity index (χ1v) is 7.05. The van der Waals surface area contributed by atoms with E-state index >= 15 is 0 Å². The summed E-state index contributed by atoms with van der Waals surface area (Å²) in [6.45, 7) is 4.12. The second-order valence-electron chi connectivity index (χ2n) is 5.28. The first-order valence-electron chi connectivity index (χ1n) is 7.05. The largest absolute Gasteiger partial charge is 0.496 e. The molecular weight excluding hydrogens is 246 g/mol. The van der Waals surface area contributed by atoms with E-state index < -0.39 is 0 Å². The Morgan fingerprint density at radius 2 is 1.75 bits per heavy atom.